The van der Waals surface area contributed by atoms with Crippen LogP contribution in [0.1, 0.15) is 17.4 Å². The lowest BCUT2D eigenvalue weighted by atomic mass is 10.1. The number of aliphatic hydroxyl groups is 2. The Morgan fingerprint density at radius 1 is 1.00 bits per heavy atom. The number of benzene rings is 2. The number of aromatic nitrogens is 1. The lowest BCUT2D eigenvalue weighted by Crippen LogP contribution is -2.20. The summed E-state index contributed by atoms with van der Waals surface area (Å²) in [4.78, 5) is 4.42. The SMILES string of the molecule is OCCc1cccc(-c2ccc(Oc3ccc(F)cc3C(O)C(F)(F)F)cc2)n1. The van der Waals surface area contributed by atoms with Gasteiger partial charge in [-0.1, -0.05) is 6.07 Å². The van der Waals surface area contributed by atoms with E-state index in [2.05, 4.69) is 4.98 Å². The summed E-state index contributed by atoms with van der Waals surface area (Å²) in [6, 6.07) is 14.4. The van der Waals surface area contributed by atoms with Crippen molar-refractivity contribution < 1.29 is 32.5 Å². The molecule has 2 aromatic carbocycles. The summed E-state index contributed by atoms with van der Waals surface area (Å²) >= 11 is 0. The summed E-state index contributed by atoms with van der Waals surface area (Å²) in [7, 11) is 0. The molecule has 0 aliphatic heterocycles. The van der Waals surface area contributed by atoms with E-state index in [1.165, 1.54) is 12.1 Å². The van der Waals surface area contributed by atoms with E-state index in [4.69, 9.17) is 9.84 Å². The largest absolute Gasteiger partial charge is 0.457 e. The monoisotopic (exact) mass is 407 g/mol. The van der Waals surface area contributed by atoms with E-state index in [0.29, 0.717) is 18.2 Å². The number of aliphatic hydroxyl groups excluding tert-OH is 2. The van der Waals surface area contributed by atoms with Crippen LogP contribution in [0.3, 0.4) is 0 Å². The van der Waals surface area contributed by atoms with Crippen LogP contribution in [0.4, 0.5) is 17.6 Å². The number of hydrogen-bond acceptors (Lipinski definition) is 4. The summed E-state index contributed by atoms with van der Waals surface area (Å²) in [5.74, 6) is -1.01. The molecule has 0 radical (unpaired) electrons. The Morgan fingerprint density at radius 3 is 2.38 bits per heavy atom. The number of halogens is 4. The molecule has 1 aromatic heterocycles. The molecule has 0 bridgehead atoms. The van der Waals surface area contributed by atoms with Crippen LogP contribution < -0.4 is 4.74 Å². The molecule has 1 heterocycles. The van der Waals surface area contributed by atoms with E-state index in [0.717, 1.165) is 23.4 Å². The number of ether oxygens (including phenoxy) is 1. The highest BCUT2D eigenvalue weighted by Crippen LogP contribution is 2.39. The zero-order valence-electron chi connectivity index (χ0n) is 15.0. The number of alkyl halides is 3. The molecule has 0 amide bonds. The van der Waals surface area contributed by atoms with Crippen molar-refractivity contribution in [2.75, 3.05) is 6.61 Å². The first-order valence-electron chi connectivity index (χ1n) is 8.67. The van der Waals surface area contributed by atoms with E-state index in [9.17, 15) is 22.7 Å². The summed E-state index contributed by atoms with van der Waals surface area (Å²) in [6.45, 7) is -0.0208. The van der Waals surface area contributed by atoms with Gasteiger partial charge < -0.3 is 14.9 Å². The van der Waals surface area contributed by atoms with Gasteiger partial charge in [-0.3, -0.25) is 4.98 Å². The summed E-state index contributed by atoms with van der Waals surface area (Å²) in [5.41, 5.74) is 1.42. The fraction of sp³-hybridized carbons (Fsp3) is 0.190. The number of rotatable bonds is 6. The van der Waals surface area contributed by atoms with Crippen LogP contribution in [0.15, 0.2) is 60.7 Å². The molecule has 2 N–H and O–H groups in total. The van der Waals surface area contributed by atoms with Gasteiger partial charge in [-0.2, -0.15) is 13.2 Å². The Hall–Kier alpha value is -2.97. The molecular weight excluding hydrogens is 390 g/mol. The van der Waals surface area contributed by atoms with Gasteiger partial charge >= 0.3 is 6.18 Å². The molecule has 0 spiro atoms. The lowest BCUT2D eigenvalue weighted by Gasteiger charge is -2.18. The maximum absolute atomic E-state index is 13.4. The van der Waals surface area contributed by atoms with Crippen molar-refractivity contribution in [2.24, 2.45) is 0 Å². The molecule has 0 aliphatic carbocycles. The summed E-state index contributed by atoms with van der Waals surface area (Å²) in [6.07, 6.45) is -7.41. The topological polar surface area (TPSA) is 62.6 Å². The zero-order chi connectivity index (χ0) is 21.0. The van der Waals surface area contributed by atoms with Crippen molar-refractivity contribution in [3.05, 3.63) is 77.7 Å². The molecule has 0 saturated carbocycles. The first-order valence-corrected chi connectivity index (χ1v) is 8.67. The van der Waals surface area contributed by atoms with Gasteiger partial charge in [-0.15, -0.1) is 0 Å². The first-order chi connectivity index (χ1) is 13.8. The van der Waals surface area contributed by atoms with Gasteiger partial charge in [-0.25, -0.2) is 4.39 Å². The number of nitrogens with zero attached hydrogens (tertiary/aromatic N) is 1. The second-order valence-electron chi connectivity index (χ2n) is 6.24. The maximum atomic E-state index is 13.4. The Labute approximate surface area is 164 Å². The average Bonchev–Trinajstić information content (AvgIpc) is 2.69. The minimum absolute atomic E-state index is 0.0208. The molecule has 3 aromatic rings. The van der Waals surface area contributed by atoms with Gasteiger partial charge in [0, 0.05) is 29.8 Å². The van der Waals surface area contributed by atoms with E-state index >= 15 is 0 Å². The third-order valence-corrected chi connectivity index (χ3v) is 4.13. The molecule has 29 heavy (non-hydrogen) atoms. The van der Waals surface area contributed by atoms with E-state index in [-0.39, 0.29) is 18.1 Å². The third kappa shape index (κ3) is 5.10. The second kappa shape index (κ2) is 8.59. The van der Waals surface area contributed by atoms with Gasteiger partial charge in [0.05, 0.1) is 5.69 Å². The van der Waals surface area contributed by atoms with Crippen LogP contribution in [-0.2, 0) is 6.42 Å². The molecule has 0 saturated heterocycles. The van der Waals surface area contributed by atoms with Gasteiger partial charge in [0.15, 0.2) is 6.10 Å². The molecule has 8 heteroatoms. The number of hydrogen-bond donors (Lipinski definition) is 2. The number of pyridine rings is 1. The quantitative estimate of drug-likeness (QED) is 0.576. The van der Waals surface area contributed by atoms with Crippen molar-refractivity contribution in [3.8, 4) is 22.8 Å². The van der Waals surface area contributed by atoms with E-state index in [1.54, 1.807) is 30.3 Å². The van der Waals surface area contributed by atoms with Gasteiger partial charge in [0.25, 0.3) is 0 Å². The first kappa shape index (κ1) is 20.8. The fourth-order valence-corrected chi connectivity index (χ4v) is 2.72. The smallest absolute Gasteiger partial charge is 0.418 e. The molecular formula is C21H17F4NO3. The Bertz CT molecular complexity index is 974. The third-order valence-electron chi connectivity index (χ3n) is 4.13. The predicted molar refractivity (Wildman–Crippen MR) is 98.0 cm³/mol. The Kier molecular flexibility index (Phi) is 6.14. The summed E-state index contributed by atoms with van der Waals surface area (Å²) in [5, 5.41) is 18.5. The minimum atomic E-state index is -4.96. The van der Waals surface area contributed by atoms with Crippen molar-refractivity contribution in [1.29, 1.82) is 0 Å². The zero-order valence-corrected chi connectivity index (χ0v) is 15.0. The van der Waals surface area contributed by atoms with E-state index < -0.39 is 23.7 Å². The van der Waals surface area contributed by atoms with Crippen LogP contribution in [-0.4, -0.2) is 28.0 Å². The standard InChI is InChI=1S/C21H17F4NO3/c22-14-6-9-19(17(12-14)20(28)21(23,24)25)29-16-7-4-13(5-8-16)18-3-1-2-15(26-18)10-11-27/h1-9,12,20,27-28H,10-11H2. The highest BCUT2D eigenvalue weighted by atomic mass is 19.4. The van der Waals surface area contributed by atoms with Crippen LogP contribution in [0.2, 0.25) is 0 Å². The molecule has 1 atom stereocenters. The van der Waals surface area contributed by atoms with Gasteiger partial charge in [0.1, 0.15) is 17.3 Å². The van der Waals surface area contributed by atoms with Crippen molar-refractivity contribution in [3.63, 3.8) is 0 Å². The van der Waals surface area contributed by atoms with Crippen molar-refractivity contribution in [1.82, 2.24) is 4.98 Å². The highest BCUT2D eigenvalue weighted by Gasteiger charge is 2.41. The Morgan fingerprint density at radius 2 is 1.72 bits per heavy atom. The van der Waals surface area contributed by atoms with Crippen molar-refractivity contribution in [2.45, 2.75) is 18.7 Å². The second-order valence-corrected chi connectivity index (χ2v) is 6.24. The van der Waals surface area contributed by atoms with Crippen LogP contribution >= 0.6 is 0 Å². The minimum Gasteiger partial charge on any atom is -0.457 e. The molecule has 4 nitrogen and oxygen atoms in total. The van der Waals surface area contributed by atoms with E-state index in [1.807, 2.05) is 0 Å². The maximum Gasteiger partial charge on any atom is 0.418 e. The van der Waals surface area contributed by atoms with Gasteiger partial charge in [-0.05, 0) is 54.6 Å². The fourth-order valence-electron chi connectivity index (χ4n) is 2.72. The average molecular weight is 407 g/mol. The molecule has 3 rings (SSSR count). The lowest BCUT2D eigenvalue weighted by molar-refractivity contribution is -0.207. The Balaban J connectivity index is 1.84. The molecule has 0 aliphatic rings. The van der Waals surface area contributed by atoms with Crippen LogP contribution in [0.25, 0.3) is 11.3 Å². The highest BCUT2D eigenvalue weighted by molar-refractivity contribution is 5.60. The molecule has 1 unspecified atom stereocenters. The summed E-state index contributed by atoms with van der Waals surface area (Å²) < 4.78 is 57.4. The molecule has 0 fully saturated rings. The van der Waals surface area contributed by atoms with Crippen molar-refractivity contribution >= 4 is 0 Å². The van der Waals surface area contributed by atoms with Crippen LogP contribution in [0, 0.1) is 5.82 Å². The predicted octanol–water partition coefficient (Wildman–Crippen LogP) is 4.81. The van der Waals surface area contributed by atoms with Crippen LogP contribution in [0.5, 0.6) is 11.5 Å². The van der Waals surface area contributed by atoms with Gasteiger partial charge in [0.2, 0.25) is 0 Å². The molecule has 152 valence electrons. The normalized spacial score (nSPS) is 12.6.